The van der Waals surface area contributed by atoms with Gasteiger partial charge in [-0.05, 0) is 111 Å². The monoisotopic (exact) mass is 588 g/mol. The largest absolute Gasteiger partial charge is 0.486 e. The van der Waals surface area contributed by atoms with E-state index in [9.17, 15) is 0 Å². The molecule has 4 atom stereocenters. The fourth-order valence-electron chi connectivity index (χ4n) is 8.63. The van der Waals surface area contributed by atoms with Gasteiger partial charge in [0, 0.05) is 45.2 Å². The first-order valence-electron chi connectivity index (χ1n) is 17.0. The van der Waals surface area contributed by atoms with Crippen LogP contribution in [0.3, 0.4) is 0 Å². The standard InChI is InChI=1S/C42H40N2O/c1-4-13-29(14-5-1)30-23-25-37-35(27-30)36-28-33(24-26-38(36)44(37)32-17-8-3-9-18-32)43(31-15-6-2-7-16-31)39-20-12-22-41-42(39)34-19-10-11-21-40(34)45-41/h1,3-5,8-9,11-15,17,21-28,32,39,41-42H,2,6-7,10,16,18-20H2. The number of ether oxygens (including phenoxy) is 1. The van der Waals surface area contributed by atoms with Crippen molar-refractivity contribution in [3.8, 4) is 11.1 Å². The molecule has 0 bridgehead atoms. The Kier molecular flexibility index (Phi) is 6.65. The van der Waals surface area contributed by atoms with Gasteiger partial charge < -0.3 is 14.2 Å². The molecule has 9 rings (SSSR count). The molecule has 1 aliphatic heterocycles. The summed E-state index contributed by atoms with van der Waals surface area (Å²) in [6.07, 6.45) is 30.0. The van der Waals surface area contributed by atoms with Gasteiger partial charge in [0.25, 0.3) is 0 Å². The van der Waals surface area contributed by atoms with Crippen LogP contribution < -0.4 is 4.90 Å². The Bertz CT molecular complexity index is 1970. The fraction of sp³-hybridized carbons (Fsp3) is 0.286. The number of allylic oxidation sites excluding steroid dienone is 8. The van der Waals surface area contributed by atoms with E-state index in [2.05, 4.69) is 131 Å². The average molecular weight is 589 g/mol. The van der Waals surface area contributed by atoms with Gasteiger partial charge in [-0.15, -0.1) is 0 Å². The summed E-state index contributed by atoms with van der Waals surface area (Å²) in [5.74, 6) is 1.52. The van der Waals surface area contributed by atoms with Gasteiger partial charge in [-0.1, -0.05) is 78.9 Å². The molecule has 4 unspecified atom stereocenters. The van der Waals surface area contributed by atoms with Crippen molar-refractivity contribution >= 4 is 27.5 Å². The molecule has 3 heteroatoms. The Morgan fingerprint density at radius 1 is 0.733 bits per heavy atom. The van der Waals surface area contributed by atoms with Crippen LogP contribution in [0.5, 0.6) is 0 Å². The van der Waals surface area contributed by atoms with Gasteiger partial charge in [0.15, 0.2) is 0 Å². The lowest BCUT2D eigenvalue weighted by Crippen LogP contribution is -2.45. The van der Waals surface area contributed by atoms with Crippen LogP contribution in [0.25, 0.3) is 32.9 Å². The van der Waals surface area contributed by atoms with Crippen LogP contribution >= 0.6 is 0 Å². The molecule has 224 valence electrons. The van der Waals surface area contributed by atoms with Crippen molar-refractivity contribution in [1.82, 2.24) is 4.57 Å². The highest BCUT2D eigenvalue weighted by Gasteiger charge is 2.44. The molecule has 0 N–H and O–H groups in total. The molecule has 0 amide bonds. The normalized spacial score (nSPS) is 25.4. The number of anilines is 1. The Morgan fingerprint density at radius 2 is 1.62 bits per heavy atom. The summed E-state index contributed by atoms with van der Waals surface area (Å²) in [6, 6.07) is 25.9. The van der Waals surface area contributed by atoms with Gasteiger partial charge in [-0.2, -0.15) is 0 Å². The molecule has 5 aliphatic rings. The minimum absolute atomic E-state index is 0.133. The van der Waals surface area contributed by atoms with Crippen molar-refractivity contribution < 1.29 is 4.74 Å². The molecule has 1 aromatic heterocycles. The Balaban J connectivity index is 1.23. The molecule has 0 saturated carbocycles. The second-order valence-electron chi connectivity index (χ2n) is 13.3. The summed E-state index contributed by atoms with van der Waals surface area (Å²) in [4.78, 5) is 2.74. The van der Waals surface area contributed by atoms with E-state index in [0.29, 0.717) is 18.0 Å². The lowest BCUT2D eigenvalue weighted by Gasteiger charge is -2.43. The zero-order valence-electron chi connectivity index (χ0n) is 25.8. The van der Waals surface area contributed by atoms with E-state index in [0.717, 1.165) is 37.9 Å². The number of benzene rings is 3. The lowest BCUT2D eigenvalue weighted by molar-refractivity contribution is 0.144. The highest BCUT2D eigenvalue weighted by Crippen LogP contribution is 2.47. The predicted molar refractivity (Wildman–Crippen MR) is 187 cm³/mol. The minimum Gasteiger partial charge on any atom is -0.486 e. The summed E-state index contributed by atoms with van der Waals surface area (Å²) in [7, 11) is 0. The second-order valence-corrected chi connectivity index (χ2v) is 13.3. The maximum atomic E-state index is 6.57. The van der Waals surface area contributed by atoms with Crippen LogP contribution in [0.1, 0.15) is 57.4 Å². The zero-order valence-corrected chi connectivity index (χ0v) is 25.8. The minimum atomic E-state index is 0.133. The predicted octanol–water partition coefficient (Wildman–Crippen LogP) is 10.7. The number of fused-ring (bicyclic) bond motifs is 5. The van der Waals surface area contributed by atoms with E-state index in [1.54, 1.807) is 0 Å². The number of hydrogen-bond acceptors (Lipinski definition) is 2. The van der Waals surface area contributed by atoms with Crippen LogP contribution in [-0.2, 0) is 4.74 Å². The molecule has 2 heterocycles. The number of rotatable bonds is 5. The highest BCUT2D eigenvalue weighted by molar-refractivity contribution is 6.10. The third-order valence-corrected chi connectivity index (χ3v) is 10.7. The van der Waals surface area contributed by atoms with Crippen molar-refractivity contribution in [2.75, 3.05) is 4.90 Å². The van der Waals surface area contributed by atoms with E-state index in [4.69, 9.17) is 4.74 Å². The molecule has 3 nitrogen and oxygen atoms in total. The van der Waals surface area contributed by atoms with Gasteiger partial charge in [-0.25, -0.2) is 0 Å². The molecule has 0 spiro atoms. The molecule has 0 fully saturated rings. The zero-order chi connectivity index (χ0) is 29.7. The SMILES string of the molecule is C1=CCC(n2c3ccc(-c4ccccc4)cc3c3cc(N(C4=CCCCC4)C4CC=CC5OC6=C(CCC=C6)C54)ccc32)C=C1. The number of hydrogen-bond donors (Lipinski definition) is 0. The maximum absolute atomic E-state index is 6.57. The van der Waals surface area contributed by atoms with Crippen molar-refractivity contribution in [1.29, 1.82) is 0 Å². The summed E-state index contributed by atoms with van der Waals surface area (Å²) in [6.45, 7) is 0. The molecule has 4 aliphatic carbocycles. The van der Waals surface area contributed by atoms with Crippen molar-refractivity contribution in [3.63, 3.8) is 0 Å². The molecular weight excluding hydrogens is 548 g/mol. The Hall–Kier alpha value is -4.50. The van der Waals surface area contributed by atoms with Crippen LogP contribution in [0, 0.1) is 5.92 Å². The topological polar surface area (TPSA) is 17.4 Å². The van der Waals surface area contributed by atoms with Crippen molar-refractivity contribution in [2.24, 2.45) is 5.92 Å². The molecule has 0 radical (unpaired) electrons. The van der Waals surface area contributed by atoms with Crippen molar-refractivity contribution in [2.45, 2.75) is 69.6 Å². The summed E-state index contributed by atoms with van der Waals surface area (Å²) in [5, 5.41) is 2.68. The summed E-state index contributed by atoms with van der Waals surface area (Å²) < 4.78 is 9.14. The van der Waals surface area contributed by atoms with Gasteiger partial charge in [-0.3, -0.25) is 0 Å². The van der Waals surface area contributed by atoms with Gasteiger partial charge in [0.2, 0.25) is 0 Å². The van der Waals surface area contributed by atoms with E-state index < -0.39 is 0 Å². The van der Waals surface area contributed by atoms with E-state index in [-0.39, 0.29) is 6.10 Å². The fourth-order valence-corrected chi connectivity index (χ4v) is 8.63. The Labute approximate surface area is 266 Å². The molecule has 45 heavy (non-hydrogen) atoms. The van der Waals surface area contributed by atoms with Gasteiger partial charge in [0.1, 0.15) is 11.9 Å². The first kappa shape index (κ1) is 26.9. The molecular formula is C42H40N2O. The first-order chi connectivity index (χ1) is 22.3. The average Bonchev–Trinajstić information content (AvgIpc) is 3.65. The molecule has 4 aromatic rings. The smallest absolute Gasteiger partial charge is 0.125 e. The summed E-state index contributed by atoms with van der Waals surface area (Å²) >= 11 is 0. The van der Waals surface area contributed by atoms with Crippen LogP contribution in [0.15, 0.2) is 138 Å². The van der Waals surface area contributed by atoms with Gasteiger partial charge >= 0.3 is 0 Å². The number of aromatic nitrogens is 1. The highest BCUT2D eigenvalue weighted by atomic mass is 16.5. The van der Waals surface area contributed by atoms with E-state index in [1.807, 2.05) is 0 Å². The van der Waals surface area contributed by atoms with Crippen molar-refractivity contribution in [3.05, 3.63) is 138 Å². The van der Waals surface area contributed by atoms with Crippen LogP contribution in [0.2, 0.25) is 0 Å². The lowest BCUT2D eigenvalue weighted by atomic mass is 9.78. The Morgan fingerprint density at radius 3 is 2.47 bits per heavy atom. The van der Waals surface area contributed by atoms with E-state index in [1.165, 1.54) is 69.2 Å². The third-order valence-electron chi connectivity index (χ3n) is 10.7. The van der Waals surface area contributed by atoms with E-state index >= 15 is 0 Å². The maximum Gasteiger partial charge on any atom is 0.125 e. The van der Waals surface area contributed by atoms with Crippen LogP contribution in [-0.4, -0.2) is 16.7 Å². The van der Waals surface area contributed by atoms with Crippen LogP contribution in [0.4, 0.5) is 5.69 Å². The number of nitrogens with zero attached hydrogens (tertiary/aromatic N) is 2. The quantitative estimate of drug-likeness (QED) is 0.216. The summed E-state index contributed by atoms with van der Waals surface area (Å²) in [5.41, 5.74) is 9.50. The first-order valence-corrected chi connectivity index (χ1v) is 17.0. The second kappa shape index (κ2) is 11.1. The van der Waals surface area contributed by atoms with Gasteiger partial charge in [0.05, 0.1) is 6.04 Å². The molecule has 0 saturated heterocycles. The third kappa shape index (κ3) is 4.55. The molecule has 3 aromatic carbocycles.